The van der Waals surface area contributed by atoms with E-state index < -0.39 is 0 Å². The number of likely N-dealkylation sites (tertiary alicyclic amines) is 1. The lowest BCUT2D eigenvalue weighted by Gasteiger charge is -2.44. The van der Waals surface area contributed by atoms with Gasteiger partial charge < -0.3 is 19.9 Å². The Hall–Kier alpha value is -1.18. The lowest BCUT2D eigenvalue weighted by molar-refractivity contribution is -0.149. The summed E-state index contributed by atoms with van der Waals surface area (Å²) >= 11 is 0. The van der Waals surface area contributed by atoms with Crippen molar-refractivity contribution < 1.29 is 14.3 Å². The molecule has 1 N–H and O–H groups in total. The Morgan fingerprint density at radius 2 is 1.91 bits per heavy atom. The van der Waals surface area contributed by atoms with Crippen molar-refractivity contribution in [1.29, 1.82) is 0 Å². The van der Waals surface area contributed by atoms with Gasteiger partial charge in [-0.05, 0) is 31.8 Å². The second-order valence-corrected chi connectivity index (χ2v) is 6.86. The normalized spacial score (nSPS) is 27.9. The van der Waals surface area contributed by atoms with Crippen LogP contribution in [0.15, 0.2) is 0 Å². The van der Waals surface area contributed by atoms with Crippen molar-refractivity contribution in [3.05, 3.63) is 0 Å². The Balaban J connectivity index is 1.45. The van der Waals surface area contributed by atoms with Crippen LogP contribution in [-0.4, -0.2) is 98.6 Å². The third-order valence-electron chi connectivity index (χ3n) is 5.34. The van der Waals surface area contributed by atoms with E-state index in [-0.39, 0.29) is 24.4 Å². The summed E-state index contributed by atoms with van der Waals surface area (Å²) < 4.78 is 5.14. The first-order valence-electron chi connectivity index (χ1n) is 8.68. The number of piperidine rings is 1. The maximum Gasteiger partial charge on any atom is 0.244 e. The van der Waals surface area contributed by atoms with Gasteiger partial charge in [-0.15, -0.1) is 0 Å². The first kappa shape index (κ1) is 16.7. The number of nitrogens with one attached hydrogen (secondary N) is 1. The van der Waals surface area contributed by atoms with Gasteiger partial charge in [-0.25, -0.2) is 0 Å². The van der Waals surface area contributed by atoms with Crippen LogP contribution in [0.5, 0.6) is 0 Å². The molecule has 23 heavy (non-hydrogen) atoms. The molecule has 2 amide bonds. The van der Waals surface area contributed by atoms with Crippen LogP contribution in [-0.2, 0) is 14.3 Å². The fraction of sp³-hybridized carbons (Fsp3) is 0.875. The number of hydrogen-bond donors (Lipinski definition) is 1. The molecule has 130 valence electrons. The smallest absolute Gasteiger partial charge is 0.244 e. The molecule has 3 fully saturated rings. The maximum atomic E-state index is 12.0. The van der Waals surface area contributed by atoms with Gasteiger partial charge in [0.1, 0.15) is 6.04 Å². The topological polar surface area (TPSA) is 65.1 Å². The molecule has 3 heterocycles. The van der Waals surface area contributed by atoms with Crippen molar-refractivity contribution in [2.45, 2.75) is 18.9 Å². The summed E-state index contributed by atoms with van der Waals surface area (Å²) in [7, 11) is 1.75. The molecule has 0 unspecified atom stereocenters. The Labute approximate surface area is 137 Å². The number of ether oxygens (including phenoxy) is 1. The molecular weight excluding hydrogens is 296 g/mol. The van der Waals surface area contributed by atoms with E-state index in [1.165, 1.54) is 12.8 Å². The van der Waals surface area contributed by atoms with E-state index in [4.69, 9.17) is 4.74 Å². The molecule has 0 aromatic rings. The van der Waals surface area contributed by atoms with Crippen LogP contribution < -0.4 is 5.32 Å². The molecule has 0 radical (unpaired) electrons. The zero-order valence-electron chi connectivity index (χ0n) is 14.0. The predicted octanol–water partition coefficient (Wildman–Crippen LogP) is -1.01. The van der Waals surface area contributed by atoms with Gasteiger partial charge in [0.15, 0.2) is 0 Å². The molecule has 0 saturated carbocycles. The summed E-state index contributed by atoms with van der Waals surface area (Å²) in [5, 5.41) is 2.71. The number of piperazine rings is 2. The largest absolute Gasteiger partial charge is 0.383 e. The van der Waals surface area contributed by atoms with Gasteiger partial charge in [0.2, 0.25) is 11.8 Å². The molecule has 3 rings (SSSR count). The van der Waals surface area contributed by atoms with E-state index in [0.717, 1.165) is 39.3 Å². The molecular formula is C16H28N4O3. The number of hydrogen-bond acceptors (Lipinski definition) is 5. The Morgan fingerprint density at radius 3 is 2.65 bits per heavy atom. The molecule has 0 bridgehead atoms. The van der Waals surface area contributed by atoms with Gasteiger partial charge in [0, 0.05) is 39.8 Å². The Morgan fingerprint density at radius 1 is 1.13 bits per heavy atom. The summed E-state index contributed by atoms with van der Waals surface area (Å²) in [5.41, 5.74) is 0. The highest BCUT2D eigenvalue weighted by Gasteiger charge is 2.39. The molecule has 0 aromatic carbocycles. The van der Waals surface area contributed by atoms with E-state index in [1.807, 2.05) is 0 Å². The Kier molecular flexibility index (Phi) is 5.50. The second-order valence-electron chi connectivity index (χ2n) is 6.86. The molecule has 3 aliphatic heterocycles. The first-order chi connectivity index (χ1) is 11.2. The lowest BCUT2D eigenvalue weighted by Crippen LogP contribution is -2.66. The molecule has 7 nitrogen and oxygen atoms in total. The van der Waals surface area contributed by atoms with Crippen LogP contribution in [0.2, 0.25) is 0 Å². The molecule has 0 aliphatic carbocycles. The lowest BCUT2D eigenvalue weighted by atomic mass is 9.95. The minimum Gasteiger partial charge on any atom is -0.383 e. The van der Waals surface area contributed by atoms with Crippen molar-refractivity contribution in [1.82, 2.24) is 20.0 Å². The van der Waals surface area contributed by atoms with Gasteiger partial charge in [-0.2, -0.15) is 0 Å². The van der Waals surface area contributed by atoms with Gasteiger partial charge in [0.25, 0.3) is 0 Å². The van der Waals surface area contributed by atoms with Crippen LogP contribution in [0, 0.1) is 5.92 Å². The highest BCUT2D eigenvalue weighted by atomic mass is 16.5. The van der Waals surface area contributed by atoms with Crippen LogP contribution in [0.25, 0.3) is 0 Å². The third kappa shape index (κ3) is 4.02. The highest BCUT2D eigenvalue weighted by Crippen LogP contribution is 2.21. The molecule has 1 atom stereocenters. The fourth-order valence-electron chi connectivity index (χ4n) is 3.89. The zero-order valence-corrected chi connectivity index (χ0v) is 14.0. The van der Waals surface area contributed by atoms with E-state index in [2.05, 4.69) is 15.1 Å². The van der Waals surface area contributed by atoms with E-state index in [1.54, 1.807) is 12.0 Å². The molecule has 0 spiro atoms. The molecule has 3 aliphatic rings. The van der Waals surface area contributed by atoms with Crippen molar-refractivity contribution in [2.24, 2.45) is 5.92 Å². The van der Waals surface area contributed by atoms with E-state index in [0.29, 0.717) is 19.0 Å². The molecule has 3 saturated heterocycles. The third-order valence-corrected chi connectivity index (χ3v) is 5.34. The number of carbonyl (C=O) groups is 2. The van der Waals surface area contributed by atoms with Crippen LogP contribution >= 0.6 is 0 Å². The highest BCUT2D eigenvalue weighted by molar-refractivity contribution is 5.95. The second kappa shape index (κ2) is 7.59. The number of methoxy groups -OCH3 is 1. The van der Waals surface area contributed by atoms with Crippen molar-refractivity contribution >= 4 is 11.8 Å². The Bertz CT molecular complexity index is 437. The van der Waals surface area contributed by atoms with Crippen LogP contribution in [0.1, 0.15) is 12.8 Å². The quantitative estimate of drug-likeness (QED) is 0.702. The van der Waals surface area contributed by atoms with Crippen molar-refractivity contribution in [3.8, 4) is 0 Å². The minimum atomic E-state index is -0.285. The summed E-state index contributed by atoms with van der Waals surface area (Å²) in [4.78, 5) is 30.5. The monoisotopic (exact) mass is 324 g/mol. The van der Waals surface area contributed by atoms with Gasteiger partial charge in [-0.3, -0.25) is 14.5 Å². The SMILES string of the molecule is COCCN1CCC(CN2CCN3C(=O)CNC(=O)[C@H]3C2)CC1. The first-order valence-corrected chi connectivity index (χ1v) is 8.68. The summed E-state index contributed by atoms with van der Waals surface area (Å²) in [6.07, 6.45) is 2.42. The van der Waals surface area contributed by atoms with Crippen molar-refractivity contribution in [3.63, 3.8) is 0 Å². The standard InChI is InChI=1S/C16H28N4O3/c1-23-9-8-18-4-2-13(3-5-18)11-19-6-7-20-14(12-19)16(22)17-10-15(20)21/h13-14H,2-12H2,1H3,(H,17,22)/t14-/m1/s1. The predicted molar refractivity (Wildman–Crippen MR) is 86.0 cm³/mol. The number of rotatable bonds is 5. The van der Waals surface area contributed by atoms with Gasteiger partial charge in [-0.1, -0.05) is 0 Å². The number of carbonyl (C=O) groups excluding carboxylic acids is 2. The summed E-state index contributed by atoms with van der Waals surface area (Å²) in [6.45, 7) is 7.56. The summed E-state index contributed by atoms with van der Waals surface area (Å²) in [5.74, 6) is 0.757. The molecule has 0 aromatic heterocycles. The maximum absolute atomic E-state index is 12.0. The van der Waals surface area contributed by atoms with Crippen molar-refractivity contribution in [2.75, 3.05) is 66.1 Å². The van der Waals surface area contributed by atoms with Crippen LogP contribution in [0.3, 0.4) is 0 Å². The average Bonchev–Trinajstić information content (AvgIpc) is 2.58. The van der Waals surface area contributed by atoms with Gasteiger partial charge >= 0.3 is 0 Å². The minimum absolute atomic E-state index is 0.00341. The number of amides is 2. The van der Waals surface area contributed by atoms with Crippen LogP contribution in [0.4, 0.5) is 0 Å². The number of nitrogens with zero attached hydrogens (tertiary/aromatic N) is 3. The van der Waals surface area contributed by atoms with E-state index >= 15 is 0 Å². The summed E-state index contributed by atoms with van der Waals surface area (Å²) in [6, 6.07) is -0.285. The number of fused-ring (bicyclic) bond motifs is 1. The average molecular weight is 324 g/mol. The van der Waals surface area contributed by atoms with Gasteiger partial charge in [0.05, 0.1) is 13.2 Å². The van der Waals surface area contributed by atoms with E-state index in [9.17, 15) is 9.59 Å². The fourth-order valence-corrected chi connectivity index (χ4v) is 3.89. The zero-order chi connectivity index (χ0) is 16.2. The molecule has 7 heteroatoms.